The lowest BCUT2D eigenvalue weighted by Crippen LogP contribution is -2.41. The van der Waals surface area contributed by atoms with Crippen molar-refractivity contribution in [3.63, 3.8) is 0 Å². The van der Waals surface area contributed by atoms with Gasteiger partial charge >= 0.3 is 23.0 Å². The Morgan fingerprint density at radius 3 is 1.60 bits per heavy atom. The minimum Gasteiger partial charge on any atom is -0.394 e. The first-order valence-corrected chi connectivity index (χ1v) is 14.7. The number of nitrogens with zero attached hydrogens (tertiary/aromatic N) is 7. The fraction of sp³-hybridized carbons (Fsp3) is 0.577. The number of ether oxygens (including phenoxy) is 3. The molecule has 12 N–H and O–H groups in total. The average molecular weight is 719 g/mol. The number of aliphatic hydroxyl groups is 6. The van der Waals surface area contributed by atoms with Crippen LogP contribution in [0.5, 0.6) is 0 Å². The molecule has 6 rings (SSSR count). The van der Waals surface area contributed by atoms with Gasteiger partial charge < -0.3 is 62.1 Å². The maximum Gasteiger partial charge on any atom is 0.354 e. The van der Waals surface area contributed by atoms with E-state index in [1.807, 2.05) is 0 Å². The molecule has 3 fully saturated rings. The third kappa shape index (κ3) is 8.42. The molecule has 0 radical (unpaired) electrons. The minimum absolute atomic E-state index is 0.112. The first-order valence-electron chi connectivity index (χ1n) is 14.7. The average Bonchev–Trinajstić information content (AvgIpc) is 3.69. The second kappa shape index (κ2) is 16.0. The molecule has 0 aliphatic carbocycles. The van der Waals surface area contributed by atoms with Crippen LogP contribution in [0, 0.1) is 0 Å². The van der Waals surface area contributed by atoms with Gasteiger partial charge in [-0.2, -0.15) is 23.7 Å². The van der Waals surface area contributed by atoms with Gasteiger partial charge in [-0.05, 0) is 12.1 Å². The third-order valence-corrected chi connectivity index (χ3v) is 7.65. The van der Waals surface area contributed by atoms with Gasteiger partial charge in [0.2, 0.25) is 12.2 Å². The van der Waals surface area contributed by atoms with Crippen LogP contribution in [-0.4, -0.2) is 127 Å². The summed E-state index contributed by atoms with van der Waals surface area (Å²) < 4.78 is 45.7. The van der Waals surface area contributed by atoms with Gasteiger partial charge in [-0.1, -0.05) is 0 Å². The molecule has 3 aromatic heterocycles. The molecule has 3 aliphatic heterocycles. The maximum atomic E-state index is 13.7. The summed E-state index contributed by atoms with van der Waals surface area (Å²) in [4.78, 5) is 48.3. The zero-order chi connectivity index (χ0) is 36.9. The van der Waals surface area contributed by atoms with Crippen molar-refractivity contribution in [1.82, 2.24) is 33.6 Å². The Kier molecular flexibility index (Phi) is 12.2. The fourth-order valence-electron chi connectivity index (χ4n) is 5.02. The van der Waals surface area contributed by atoms with Crippen LogP contribution in [0.2, 0.25) is 0 Å². The zero-order valence-corrected chi connectivity index (χ0v) is 25.9. The van der Waals surface area contributed by atoms with Gasteiger partial charge in [0.05, 0.1) is 32.0 Å². The van der Waals surface area contributed by atoms with Crippen molar-refractivity contribution in [3.05, 3.63) is 62.3 Å². The van der Waals surface area contributed by atoms with Crippen LogP contribution in [0.3, 0.4) is 0 Å². The molecule has 3 saturated heterocycles. The van der Waals surface area contributed by atoms with Crippen LogP contribution in [0.4, 0.5) is 26.4 Å². The summed E-state index contributed by atoms with van der Waals surface area (Å²) in [6, 6.07) is 2.63. The van der Waals surface area contributed by atoms with Gasteiger partial charge in [-0.15, -0.1) is 0 Å². The third-order valence-electron chi connectivity index (χ3n) is 7.65. The highest BCUT2D eigenvalue weighted by atomic mass is 19.3. The molecule has 50 heavy (non-hydrogen) atoms. The number of hydrogen-bond donors (Lipinski definition) is 9. The summed E-state index contributed by atoms with van der Waals surface area (Å²) in [7, 11) is 0. The van der Waals surface area contributed by atoms with E-state index in [9.17, 15) is 38.5 Å². The Labute approximate surface area is 278 Å². The van der Waals surface area contributed by atoms with E-state index in [0.717, 1.165) is 16.8 Å². The Bertz CT molecular complexity index is 1700. The number of alkyl halides is 2. The summed E-state index contributed by atoms with van der Waals surface area (Å²) in [5.41, 5.74) is 13.7. The highest BCUT2D eigenvalue weighted by molar-refractivity contribution is 5.24. The molecule has 6 heterocycles. The standard InChI is InChI=1S/C9H11F2N3O4.C9H13N3O4.C8H12N4O4/c10-9(11)6(16)4(3-15)18-7(9)14-2-1-5(12)13-8(14)17;10-7-1-2-12(9(15)11-7)8-3-5(14)6(4-13)16-8;9-7-10-3-12(8(15)11-7)6-1-4(14)5(2-13)16-6/h1-2,4,6-7,15-16H,3H2,(H2,12,13,17);1-2,5-6,8,13-14H,3-4H2,(H2,10,11,15);3-6,13-14H,1-2H2,(H2,9,11,15). The van der Waals surface area contributed by atoms with Crippen molar-refractivity contribution in [2.24, 2.45) is 0 Å². The van der Waals surface area contributed by atoms with Crippen molar-refractivity contribution >= 4 is 17.6 Å². The van der Waals surface area contributed by atoms with Crippen LogP contribution in [-0.2, 0) is 14.2 Å². The molecule has 0 spiro atoms. The molecule has 22 nitrogen and oxygen atoms in total. The smallest absolute Gasteiger partial charge is 0.354 e. The maximum absolute atomic E-state index is 13.7. The SMILES string of the molecule is Nc1ccn(C2CC(O)C(CO)O2)c(=O)n1.Nc1ccn(C2OC(CO)C(O)C2(F)F)c(=O)n1.Nc1ncn(C2CC(O)C(CO)O2)c(=O)n1. The van der Waals surface area contributed by atoms with E-state index < -0.39 is 84.9 Å². The Morgan fingerprint density at radius 2 is 1.18 bits per heavy atom. The van der Waals surface area contributed by atoms with Crippen LogP contribution >= 0.6 is 0 Å². The normalized spacial score (nSPS) is 29.9. The van der Waals surface area contributed by atoms with E-state index in [-0.39, 0.29) is 43.6 Å². The summed E-state index contributed by atoms with van der Waals surface area (Å²) >= 11 is 0. The number of hydrogen-bond acceptors (Lipinski definition) is 19. The van der Waals surface area contributed by atoms with Gasteiger partial charge in [0.25, 0.3) is 0 Å². The predicted octanol–water partition coefficient (Wildman–Crippen LogP) is -4.96. The summed E-state index contributed by atoms with van der Waals surface area (Å²) in [6.07, 6.45) is -5.76. The van der Waals surface area contributed by atoms with Crippen molar-refractivity contribution in [1.29, 1.82) is 0 Å². The fourth-order valence-corrected chi connectivity index (χ4v) is 5.02. The van der Waals surface area contributed by atoms with Crippen LogP contribution in [0.25, 0.3) is 0 Å². The molecule has 9 unspecified atom stereocenters. The van der Waals surface area contributed by atoms with E-state index in [1.54, 1.807) is 0 Å². The van der Waals surface area contributed by atoms with Crippen LogP contribution in [0.15, 0.2) is 45.2 Å². The van der Waals surface area contributed by atoms with Gasteiger partial charge in [0.15, 0.2) is 6.10 Å². The van der Waals surface area contributed by atoms with Gasteiger partial charge in [-0.3, -0.25) is 13.7 Å². The molecule has 24 heteroatoms. The number of anilines is 3. The largest absolute Gasteiger partial charge is 0.394 e. The number of aromatic nitrogens is 7. The number of halogens is 2. The summed E-state index contributed by atoms with van der Waals surface area (Å²) in [5, 5.41) is 54.9. The Morgan fingerprint density at radius 1 is 0.720 bits per heavy atom. The monoisotopic (exact) mass is 718 g/mol. The minimum atomic E-state index is -3.71. The molecule has 3 aliphatic rings. The molecule has 0 amide bonds. The number of rotatable bonds is 6. The molecule has 3 aromatic rings. The molecule has 9 atom stereocenters. The summed E-state index contributed by atoms with van der Waals surface area (Å²) in [5.74, 6) is -3.80. The van der Waals surface area contributed by atoms with Crippen molar-refractivity contribution < 1.29 is 53.6 Å². The number of aliphatic hydroxyl groups excluding tert-OH is 6. The predicted molar refractivity (Wildman–Crippen MR) is 162 cm³/mol. The molecule has 0 aromatic carbocycles. The molecule has 0 bridgehead atoms. The van der Waals surface area contributed by atoms with E-state index >= 15 is 0 Å². The molecule has 276 valence electrons. The molecule has 0 saturated carbocycles. The lowest BCUT2D eigenvalue weighted by molar-refractivity contribution is -0.140. The van der Waals surface area contributed by atoms with Gasteiger partial charge in [0.1, 0.15) is 48.7 Å². The van der Waals surface area contributed by atoms with Gasteiger partial charge in [-0.25, -0.2) is 19.4 Å². The van der Waals surface area contributed by atoms with E-state index in [4.69, 9.17) is 46.7 Å². The van der Waals surface area contributed by atoms with Crippen LogP contribution in [0.1, 0.15) is 31.5 Å². The highest BCUT2D eigenvalue weighted by Gasteiger charge is 2.59. The summed E-state index contributed by atoms with van der Waals surface area (Å²) in [6.45, 7) is -1.37. The Hall–Kier alpha value is -4.53. The second-order valence-electron chi connectivity index (χ2n) is 11.0. The van der Waals surface area contributed by atoms with E-state index in [0.29, 0.717) is 4.57 Å². The lowest BCUT2D eigenvalue weighted by Gasteiger charge is -2.20. The first kappa shape index (κ1) is 38.3. The van der Waals surface area contributed by atoms with Crippen LogP contribution < -0.4 is 34.3 Å². The van der Waals surface area contributed by atoms with Crippen molar-refractivity contribution in [2.45, 2.75) is 74.1 Å². The molecular formula is C26H36F2N10O12. The van der Waals surface area contributed by atoms with Crippen molar-refractivity contribution in [2.75, 3.05) is 37.0 Å². The highest BCUT2D eigenvalue weighted by Crippen LogP contribution is 2.42. The van der Waals surface area contributed by atoms with E-state index in [1.165, 1.54) is 23.2 Å². The second-order valence-corrected chi connectivity index (χ2v) is 11.0. The van der Waals surface area contributed by atoms with Crippen molar-refractivity contribution in [3.8, 4) is 0 Å². The topological polar surface area (TPSA) is 345 Å². The number of nitrogens with two attached hydrogens (primary N) is 3. The number of nitrogen functional groups attached to an aromatic ring is 3. The lowest BCUT2D eigenvalue weighted by atomic mass is 10.1. The quantitative estimate of drug-likeness (QED) is 0.115. The zero-order valence-electron chi connectivity index (χ0n) is 25.9. The Balaban J connectivity index is 0.000000169. The first-order chi connectivity index (χ1) is 23.6. The molecular weight excluding hydrogens is 682 g/mol. The van der Waals surface area contributed by atoms with Gasteiger partial charge in [0, 0.05) is 25.2 Å². The van der Waals surface area contributed by atoms with E-state index in [2.05, 4.69) is 19.9 Å².